The third-order valence-corrected chi connectivity index (χ3v) is 3.06. The smallest absolute Gasteiger partial charge is 0.759 e. The molecule has 0 aromatic heterocycles. The van der Waals surface area contributed by atoms with Crippen LogP contribution in [-0.2, 0) is 20.0 Å². The third-order valence-electron chi connectivity index (χ3n) is 3.06. The van der Waals surface area contributed by atoms with Crippen LogP contribution in [0.4, 0.5) is 0 Å². The van der Waals surface area contributed by atoms with Crippen molar-refractivity contribution in [3.8, 4) is 0 Å². The second-order valence-corrected chi connectivity index (χ2v) is 5.80. The molecule has 9 heteroatoms. The maximum atomic E-state index is 11.8. The number of unbranched alkanes of at least 4 members (excludes halogenated alkanes) is 5. The molecule has 0 atom stereocenters. The van der Waals surface area contributed by atoms with Crippen LogP contribution in [0.15, 0.2) is 23.8 Å². The Morgan fingerprint density at radius 2 is 1.58 bits per heavy atom. The Bertz CT molecular complexity index is 518. The van der Waals surface area contributed by atoms with Crippen molar-refractivity contribution in [2.24, 2.45) is 0 Å². The average Bonchev–Trinajstić information content (AvgIpc) is 2.41. The molecule has 1 aliphatic carbocycles. The molecule has 0 bridgehead atoms. The van der Waals surface area contributed by atoms with Gasteiger partial charge in [0.15, 0.2) is 11.6 Å². The number of carbonyl (C=O) groups is 2. The summed E-state index contributed by atoms with van der Waals surface area (Å²) >= 11 is 0. The number of Topliss-reactive ketones (excluding diaryl/α,β-unsaturated/α-hetero) is 2. The van der Waals surface area contributed by atoms with E-state index < -0.39 is 10.4 Å². The summed E-state index contributed by atoms with van der Waals surface area (Å²) in [5.74, 6) is -0.00155. The maximum absolute atomic E-state index is 11.8. The summed E-state index contributed by atoms with van der Waals surface area (Å²) in [6.45, 7) is 2.19. The van der Waals surface area contributed by atoms with Crippen molar-refractivity contribution in [2.45, 2.75) is 58.3 Å². The molecule has 0 unspecified atom stereocenters. The summed E-state index contributed by atoms with van der Waals surface area (Å²) in [4.78, 5) is 23.2. The first-order chi connectivity index (χ1) is 10.3. The van der Waals surface area contributed by atoms with Gasteiger partial charge in [0.1, 0.15) is 0 Å². The average molecular weight is 376 g/mol. The standard InChI is InChI=1S/C15H22O2.2Na.H2O4S/c1-2-3-4-5-6-7-11-14(16)13-10-8-9-12-15(13)17;;;1-5(2,3)4/h8-10H,2-7,11-12H2,1H3;;;(H2,1,2,3,4)/q;2*+1;/p-2. The zero-order valence-corrected chi connectivity index (χ0v) is 19.6. The van der Waals surface area contributed by atoms with Crippen molar-refractivity contribution in [3.63, 3.8) is 0 Å². The van der Waals surface area contributed by atoms with Crippen LogP contribution < -0.4 is 59.1 Å². The van der Waals surface area contributed by atoms with Crippen LogP contribution >= 0.6 is 0 Å². The van der Waals surface area contributed by atoms with Crippen LogP contribution in [0, 0.1) is 0 Å². The Morgan fingerprint density at radius 3 is 2.08 bits per heavy atom. The first kappa shape index (κ1) is 29.5. The van der Waals surface area contributed by atoms with Crippen LogP contribution in [0.25, 0.3) is 0 Å². The summed E-state index contributed by atoms with van der Waals surface area (Å²) in [5, 5.41) is 0. The van der Waals surface area contributed by atoms with Crippen LogP contribution in [0.5, 0.6) is 0 Å². The summed E-state index contributed by atoms with van der Waals surface area (Å²) in [7, 11) is -5.17. The molecule has 0 fully saturated rings. The molecule has 0 amide bonds. The Kier molecular flexibility index (Phi) is 21.0. The summed E-state index contributed by atoms with van der Waals surface area (Å²) in [5.41, 5.74) is 0.404. The van der Waals surface area contributed by atoms with Crippen molar-refractivity contribution in [3.05, 3.63) is 23.8 Å². The zero-order valence-electron chi connectivity index (χ0n) is 14.7. The van der Waals surface area contributed by atoms with E-state index in [2.05, 4.69) is 6.92 Å². The minimum atomic E-state index is -5.17. The van der Waals surface area contributed by atoms with Gasteiger partial charge in [-0.25, -0.2) is 0 Å². The second kappa shape index (κ2) is 17.1. The van der Waals surface area contributed by atoms with E-state index >= 15 is 0 Å². The normalized spacial score (nSPS) is 13.0. The van der Waals surface area contributed by atoms with Crippen molar-refractivity contribution in [1.29, 1.82) is 0 Å². The molecule has 0 aromatic rings. The number of hydrogen-bond acceptors (Lipinski definition) is 6. The molecule has 126 valence electrons. The number of rotatable bonds is 8. The van der Waals surface area contributed by atoms with Crippen LogP contribution in [0.1, 0.15) is 58.3 Å². The fraction of sp³-hybridized carbons (Fsp3) is 0.600. The van der Waals surface area contributed by atoms with E-state index in [1.54, 1.807) is 18.2 Å². The molecule has 24 heavy (non-hydrogen) atoms. The number of ketones is 2. The van der Waals surface area contributed by atoms with Gasteiger partial charge in [-0.2, -0.15) is 0 Å². The fourth-order valence-electron chi connectivity index (χ4n) is 1.99. The Hall–Kier alpha value is 0.690. The molecule has 0 saturated carbocycles. The fourth-order valence-corrected chi connectivity index (χ4v) is 1.99. The van der Waals surface area contributed by atoms with E-state index in [0.717, 1.165) is 12.8 Å². The predicted octanol–water partition coefficient (Wildman–Crippen LogP) is -3.57. The van der Waals surface area contributed by atoms with Gasteiger partial charge in [-0.15, -0.1) is 0 Å². The van der Waals surface area contributed by atoms with Crippen LogP contribution in [0.2, 0.25) is 0 Å². The molecule has 0 N–H and O–H groups in total. The molecular weight excluding hydrogens is 354 g/mol. The van der Waals surface area contributed by atoms with Crippen LogP contribution in [-0.4, -0.2) is 29.1 Å². The first-order valence-corrected chi connectivity index (χ1v) is 8.69. The first-order valence-electron chi connectivity index (χ1n) is 7.35. The molecule has 0 heterocycles. The Balaban J connectivity index is -0.000000554. The molecule has 6 nitrogen and oxygen atoms in total. The van der Waals surface area contributed by atoms with Crippen molar-refractivity contribution >= 4 is 22.0 Å². The van der Waals surface area contributed by atoms with E-state index in [0.29, 0.717) is 18.4 Å². The van der Waals surface area contributed by atoms with E-state index in [4.69, 9.17) is 17.5 Å². The quantitative estimate of drug-likeness (QED) is 0.142. The number of allylic oxidation sites excluding steroid dienone is 4. The van der Waals surface area contributed by atoms with Gasteiger partial charge in [-0.1, -0.05) is 51.2 Å². The van der Waals surface area contributed by atoms with Gasteiger partial charge in [0.25, 0.3) is 0 Å². The van der Waals surface area contributed by atoms with Crippen LogP contribution in [0.3, 0.4) is 0 Å². The minimum absolute atomic E-state index is 0. The monoisotopic (exact) mass is 376 g/mol. The van der Waals surface area contributed by atoms with E-state index in [1.165, 1.54) is 25.7 Å². The van der Waals surface area contributed by atoms with Crippen molar-refractivity contribution < 1.29 is 86.2 Å². The number of hydrogen-bond donors (Lipinski definition) is 0. The van der Waals surface area contributed by atoms with E-state index in [9.17, 15) is 9.59 Å². The molecule has 0 spiro atoms. The molecular formula is C15H22Na2O6S. The van der Waals surface area contributed by atoms with Crippen molar-refractivity contribution in [1.82, 2.24) is 0 Å². The molecule has 1 aliphatic rings. The van der Waals surface area contributed by atoms with E-state index in [1.807, 2.05) is 0 Å². The number of carbonyl (C=O) groups excluding carboxylic acids is 2. The van der Waals surface area contributed by atoms with Gasteiger partial charge in [0.05, 0.1) is 5.57 Å². The Labute approximate surface area is 188 Å². The predicted molar refractivity (Wildman–Crippen MR) is 80.3 cm³/mol. The molecule has 0 aliphatic heterocycles. The van der Waals surface area contributed by atoms with Gasteiger partial charge < -0.3 is 9.11 Å². The van der Waals surface area contributed by atoms with Gasteiger partial charge >= 0.3 is 59.1 Å². The zero-order chi connectivity index (χ0) is 17.0. The van der Waals surface area contributed by atoms with Gasteiger partial charge in [0.2, 0.25) is 0 Å². The van der Waals surface area contributed by atoms with Gasteiger partial charge in [0, 0.05) is 23.2 Å². The van der Waals surface area contributed by atoms with Crippen molar-refractivity contribution in [2.75, 3.05) is 0 Å². The molecule has 0 radical (unpaired) electrons. The van der Waals surface area contributed by atoms with Gasteiger partial charge in [-0.05, 0) is 12.5 Å². The molecule has 0 aromatic carbocycles. The molecule has 1 rings (SSSR count). The SMILES string of the molecule is CCCCCCCCC(=O)C1=CC=CCC1=O.O=S(=O)([O-])[O-].[Na+].[Na+]. The molecule has 0 saturated heterocycles. The summed E-state index contributed by atoms with van der Waals surface area (Å²) in [6, 6.07) is 0. The minimum Gasteiger partial charge on any atom is -0.759 e. The largest absolute Gasteiger partial charge is 1.00 e. The topological polar surface area (TPSA) is 114 Å². The van der Waals surface area contributed by atoms with E-state index in [-0.39, 0.29) is 70.7 Å². The maximum Gasteiger partial charge on any atom is 1.00 e. The third kappa shape index (κ3) is 19.0. The summed E-state index contributed by atoms with van der Waals surface area (Å²) in [6.07, 6.45) is 13.2. The van der Waals surface area contributed by atoms with Gasteiger partial charge in [-0.3, -0.25) is 18.0 Å². The Morgan fingerprint density at radius 1 is 1.08 bits per heavy atom. The second-order valence-electron chi connectivity index (χ2n) is 4.98. The summed E-state index contributed by atoms with van der Waals surface area (Å²) < 4.78 is 34.1.